The molecule has 3 heteroatoms. The van der Waals surface area contributed by atoms with E-state index in [9.17, 15) is 0 Å². The quantitative estimate of drug-likeness (QED) is 0.443. The summed E-state index contributed by atoms with van der Waals surface area (Å²) >= 11 is 5.80. The SMILES string of the molecule is C#CCOC1OCCC1Cl. The highest BCUT2D eigenvalue weighted by atomic mass is 35.5. The van der Waals surface area contributed by atoms with Gasteiger partial charge in [0.15, 0.2) is 6.29 Å². The Balaban J connectivity index is 2.21. The van der Waals surface area contributed by atoms with Crippen molar-refractivity contribution >= 4 is 11.6 Å². The van der Waals surface area contributed by atoms with Gasteiger partial charge in [0, 0.05) is 0 Å². The molecule has 1 rings (SSSR count). The van der Waals surface area contributed by atoms with Crippen molar-refractivity contribution in [3.63, 3.8) is 0 Å². The van der Waals surface area contributed by atoms with Crippen LogP contribution in [0, 0.1) is 12.3 Å². The van der Waals surface area contributed by atoms with Crippen molar-refractivity contribution in [2.75, 3.05) is 13.2 Å². The molecule has 10 heavy (non-hydrogen) atoms. The summed E-state index contributed by atoms with van der Waals surface area (Å²) in [5.41, 5.74) is 0. The zero-order valence-corrected chi connectivity index (χ0v) is 6.30. The van der Waals surface area contributed by atoms with Crippen molar-refractivity contribution in [2.24, 2.45) is 0 Å². The molecule has 2 atom stereocenters. The Labute approximate surface area is 65.5 Å². The molecule has 0 aliphatic carbocycles. The fourth-order valence-corrected chi connectivity index (χ4v) is 1.05. The van der Waals surface area contributed by atoms with E-state index in [4.69, 9.17) is 27.5 Å². The number of alkyl halides is 1. The van der Waals surface area contributed by atoms with Crippen molar-refractivity contribution in [3.05, 3.63) is 0 Å². The highest BCUT2D eigenvalue weighted by Gasteiger charge is 2.26. The lowest BCUT2D eigenvalue weighted by Gasteiger charge is -2.11. The standard InChI is InChI=1S/C7H9ClO2/c1-2-4-9-7-6(8)3-5-10-7/h1,6-7H,3-5H2. The molecule has 1 heterocycles. The summed E-state index contributed by atoms with van der Waals surface area (Å²) in [4.78, 5) is 0. The molecule has 1 saturated heterocycles. The van der Waals surface area contributed by atoms with Crippen LogP contribution in [0.15, 0.2) is 0 Å². The van der Waals surface area contributed by atoms with Gasteiger partial charge in [0.25, 0.3) is 0 Å². The fraction of sp³-hybridized carbons (Fsp3) is 0.714. The van der Waals surface area contributed by atoms with E-state index in [2.05, 4.69) is 5.92 Å². The Morgan fingerprint density at radius 2 is 2.60 bits per heavy atom. The smallest absolute Gasteiger partial charge is 0.175 e. The Morgan fingerprint density at radius 1 is 1.80 bits per heavy atom. The number of rotatable bonds is 2. The Kier molecular flexibility index (Phi) is 3.01. The van der Waals surface area contributed by atoms with Crippen molar-refractivity contribution < 1.29 is 9.47 Å². The molecule has 0 bridgehead atoms. The molecule has 1 aliphatic rings. The molecule has 2 nitrogen and oxygen atoms in total. The molecule has 0 aromatic rings. The van der Waals surface area contributed by atoms with Crippen LogP contribution in [0.2, 0.25) is 0 Å². The molecule has 0 aromatic heterocycles. The van der Waals surface area contributed by atoms with Gasteiger partial charge in [-0.2, -0.15) is 0 Å². The minimum Gasteiger partial charge on any atom is -0.351 e. The third-order valence-electron chi connectivity index (χ3n) is 1.30. The van der Waals surface area contributed by atoms with Crippen molar-refractivity contribution in [1.29, 1.82) is 0 Å². The highest BCUT2D eigenvalue weighted by Crippen LogP contribution is 2.19. The summed E-state index contributed by atoms with van der Waals surface area (Å²) in [6.07, 6.45) is 5.53. The number of terminal acetylenes is 1. The molecule has 0 N–H and O–H groups in total. The number of hydrogen-bond donors (Lipinski definition) is 0. The highest BCUT2D eigenvalue weighted by molar-refractivity contribution is 6.21. The first-order valence-corrected chi connectivity index (χ1v) is 3.59. The van der Waals surface area contributed by atoms with Gasteiger partial charge in [-0.05, 0) is 6.42 Å². The summed E-state index contributed by atoms with van der Waals surface area (Å²) in [5.74, 6) is 2.35. The molecule has 1 aliphatic heterocycles. The van der Waals surface area contributed by atoms with Crippen LogP contribution in [0.3, 0.4) is 0 Å². The summed E-state index contributed by atoms with van der Waals surface area (Å²) < 4.78 is 10.2. The van der Waals surface area contributed by atoms with Crippen LogP contribution < -0.4 is 0 Å². The van der Waals surface area contributed by atoms with Crippen LogP contribution in [-0.4, -0.2) is 24.9 Å². The Morgan fingerprint density at radius 3 is 3.10 bits per heavy atom. The summed E-state index contributed by atoms with van der Waals surface area (Å²) in [6.45, 7) is 0.942. The van der Waals surface area contributed by atoms with Crippen LogP contribution in [0.4, 0.5) is 0 Å². The van der Waals surface area contributed by atoms with Crippen molar-refractivity contribution in [2.45, 2.75) is 18.1 Å². The normalized spacial score (nSPS) is 32.0. The minimum atomic E-state index is -0.294. The molecular formula is C7H9ClO2. The maximum Gasteiger partial charge on any atom is 0.175 e. The predicted molar refractivity (Wildman–Crippen MR) is 38.8 cm³/mol. The lowest BCUT2D eigenvalue weighted by molar-refractivity contribution is -0.0978. The van der Waals surface area contributed by atoms with Crippen LogP contribution >= 0.6 is 11.6 Å². The van der Waals surface area contributed by atoms with E-state index in [0.29, 0.717) is 6.61 Å². The van der Waals surface area contributed by atoms with Gasteiger partial charge in [0.1, 0.15) is 6.61 Å². The van der Waals surface area contributed by atoms with Gasteiger partial charge in [-0.25, -0.2) is 0 Å². The number of halogens is 1. The number of hydrogen-bond acceptors (Lipinski definition) is 2. The van der Waals surface area contributed by atoms with E-state index in [1.54, 1.807) is 0 Å². The predicted octanol–water partition coefficient (Wildman–Crippen LogP) is 0.990. The first kappa shape index (κ1) is 7.87. The molecule has 2 unspecified atom stereocenters. The molecule has 0 radical (unpaired) electrons. The Hall–Kier alpha value is -0.230. The van der Waals surface area contributed by atoms with Gasteiger partial charge in [-0.15, -0.1) is 18.0 Å². The lowest BCUT2D eigenvalue weighted by atomic mass is 10.3. The topological polar surface area (TPSA) is 18.5 Å². The minimum absolute atomic E-state index is 0.0339. The first-order chi connectivity index (χ1) is 4.84. The van der Waals surface area contributed by atoms with E-state index >= 15 is 0 Å². The van der Waals surface area contributed by atoms with Gasteiger partial charge >= 0.3 is 0 Å². The maximum absolute atomic E-state index is 5.80. The lowest BCUT2D eigenvalue weighted by Crippen LogP contribution is -2.19. The second kappa shape index (κ2) is 3.82. The second-order valence-corrected chi connectivity index (χ2v) is 2.62. The Bertz CT molecular complexity index is 141. The third-order valence-corrected chi connectivity index (χ3v) is 1.73. The van der Waals surface area contributed by atoms with Gasteiger partial charge in [-0.1, -0.05) is 5.92 Å². The molecular weight excluding hydrogens is 152 g/mol. The number of ether oxygens (including phenoxy) is 2. The van der Waals surface area contributed by atoms with Crippen LogP contribution in [0.5, 0.6) is 0 Å². The third kappa shape index (κ3) is 1.88. The average Bonchev–Trinajstić information content (AvgIpc) is 2.31. The molecule has 0 spiro atoms. The summed E-state index contributed by atoms with van der Waals surface area (Å²) in [6, 6.07) is 0. The zero-order valence-electron chi connectivity index (χ0n) is 5.55. The fourth-order valence-electron chi connectivity index (χ4n) is 0.820. The van der Waals surface area contributed by atoms with Gasteiger partial charge in [0.2, 0.25) is 0 Å². The monoisotopic (exact) mass is 160 g/mol. The van der Waals surface area contributed by atoms with Crippen LogP contribution in [0.1, 0.15) is 6.42 Å². The summed E-state index contributed by atoms with van der Waals surface area (Å²) in [5, 5.41) is -0.0339. The van der Waals surface area contributed by atoms with Crippen molar-refractivity contribution in [1.82, 2.24) is 0 Å². The molecule has 56 valence electrons. The molecule has 0 saturated carbocycles. The van der Waals surface area contributed by atoms with Crippen molar-refractivity contribution in [3.8, 4) is 12.3 Å². The second-order valence-electron chi connectivity index (χ2n) is 2.06. The van der Waals surface area contributed by atoms with Gasteiger partial charge < -0.3 is 9.47 Å². The van der Waals surface area contributed by atoms with Crippen LogP contribution in [0.25, 0.3) is 0 Å². The van der Waals surface area contributed by atoms with Crippen LogP contribution in [-0.2, 0) is 9.47 Å². The van der Waals surface area contributed by atoms with Gasteiger partial charge in [0.05, 0.1) is 12.0 Å². The molecule has 0 aromatic carbocycles. The summed E-state index contributed by atoms with van der Waals surface area (Å²) in [7, 11) is 0. The van der Waals surface area contributed by atoms with Gasteiger partial charge in [-0.3, -0.25) is 0 Å². The molecule has 1 fully saturated rings. The average molecular weight is 161 g/mol. The molecule has 0 amide bonds. The van der Waals surface area contributed by atoms with E-state index in [-0.39, 0.29) is 18.3 Å². The zero-order chi connectivity index (χ0) is 7.40. The van der Waals surface area contributed by atoms with E-state index in [1.165, 1.54) is 0 Å². The van der Waals surface area contributed by atoms with E-state index in [1.807, 2.05) is 0 Å². The maximum atomic E-state index is 5.80. The van der Waals surface area contributed by atoms with E-state index in [0.717, 1.165) is 6.42 Å². The largest absolute Gasteiger partial charge is 0.351 e. The first-order valence-electron chi connectivity index (χ1n) is 3.15. The van der Waals surface area contributed by atoms with E-state index < -0.39 is 0 Å².